The fourth-order valence-electron chi connectivity index (χ4n) is 1.68. The molecule has 0 aromatic carbocycles. The van der Waals surface area contributed by atoms with Gasteiger partial charge in [-0.2, -0.15) is 0 Å². The third kappa shape index (κ3) is 2.60. The van der Waals surface area contributed by atoms with E-state index in [1.807, 2.05) is 13.8 Å². The number of ether oxygens (including phenoxy) is 1. The van der Waals surface area contributed by atoms with Gasteiger partial charge < -0.3 is 9.72 Å². The van der Waals surface area contributed by atoms with Gasteiger partial charge in [-0.15, -0.1) is 11.3 Å². The van der Waals surface area contributed by atoms with Crippen LogP contribution in [0.2, 0.25) is 0 Å². The number of H-pyrrole nitrogens is 1. The van der Waals surface area contributed by atoms with Crippen molar-refractivity contribution in [3.8, 4) is 0 Å². The lowest BCUT2D eigenvalue weighted by Gasteiger charge is -2.06. The number of thiophene rings is 1. The van der Waals surface area contributed by atoms with Gasteiger partial charge in [-0.1, -0.05) is 6.92 Å². The molecule has 1 N–H and O–H groups in total. The molecule has 0 saturated heterocycles. The normalized spacial score (nSPS) is 10.8. The first-order valence-electron chi connectivity index (χ1n) is 5.91. The van der Waals surface area contributed by atoms with Gasteiger partial charge in [-0.05, 0) is 24.3 Å². The van der Waals surface area contributed by atoms with Gasteiger partial charge in [-0.3, -0.25) is 9.59 Å². The van der Waals surface area contributed by atoms with Crippen LogP contribution in [0.15, 0.2) is 15.0 Å². The van der Waals surface area contributed by atoms with Crippen LogP contribution in [0, 0.1) is 6.92 Å². The second-order valence-electron chi connectivity index (χ2n) is 4.18. The van der Waals surface area contributed by atoms with Crippen LogP contribution in [0.25, 0.3) is 10.2 Å². The quantitative estimate of drug-likeness (QED) is 0.858. The molecule has 102 valence electrons. The predicted octanol–water partition coefficient (Wildman–Crippen LogP) is 1.36. The van der Waals surface area contributed by atoms with Crippen molar-refractivity contribution in [3.05, 3.63) is 31.8 Å². The highest BCUT2D eigenvalue weighted by molar-refractivity contribution is 7.17. The molecule has 7 heteroatoms. The maximum atomic E-state index is 12.1. The average Bonchev–Trinajstić information content (AvgIpc) is 2.71. The SMILES string of the molecule is CCCC(=O)OCn1c(=O)[nH]c2c(C)csc2c1=O. The molecule has 0 radical (unpaired) electrons. The van der Waals surface area contributed by atoms with Crippen molar-refractivity contribution < 1.29 is 9.53 Å². The molecule has 0 saturated carbocycles. The molecule has 2 rings (SSSR count). The molecule has 0 atom stereocenters. The summed E-state index contributed by atoms with van der Waals surface area (Å²) in [5.41, 5.74) is 0.407. The Morgan fingerprint density at radius 2 is 2.21 bits per heavy atom. The predicted molar refractivity (Wildman–Crippen MR) is 72.4 cm³/mol. The van der Waals surface area contributed by atoms with Crippen molar-refractivity contribution in [2.75, 3.05) is 0 Å². The highest BCUT2D eigenvalue weighted by Crippen LogP contribution is 2.18. The molecule has 0 aliphatic heterocycles. The Bertz CT molecular complexity index is 725. The van der Waals surface area contributed by atoms with E-state index in [0.29, 0.717) is 16.6 Å². The second kappa shape index (κ2) is 5.40. The largest absolute Gasteiger partial charge is 0.444 e. The van der Waals surface area contributed by atoms with E-state index >= 15 is 0 Å². The Kier molecular flexibility index (Phi) is 3.84. The van der Waals surface area contributed by atoms with Crippen LogP contribution < -0.4 is 11.2 Å². The molecule has 0 fully saturated rings. The number of aromatic nitrogens is 2. The number of fused-ring (bicyclic) bond motifs is 1. The fourth-order valence-corrected chi connectivity index (χ4v) is 2.63. The summed E-state index contributed by atoms with van der Waals surface area (Å²) in [6.07, 6.45) is 0.931. The zero-order valence-electron chi connectivity index (χ0n) is 10.7. The van der Waals surface area contributed by atoms with E-state index in [2.05, 4.69) is 4.98 Å². The van der Waals surface area contributed by atoms with Crippen molar-refractivity contribution >= 4 is 27.5 Å². The van der Waals surface area contributed by atoms with E-state index in [1.165, 1.54) is 11.3 Å². The van der Waals surface area contributed by atoms with Gasteiger partial charge in [0.1, 0.15) is 4.70 Å². The molecule has 0 aliphatic carbocycles. The molecular formula is C12H14N2O4S. The van der Waals surface area contributed by atoms with E-state index in [9.17, 15) is 14.4 Å². The van der Waals surface area contributed by atoms with Crippen LogP contribution in [0.1, 0.15) is 25.3 Å². The van der Waals surface area contributed by atoms with E-state index in [-0.39, 0.29) is 13.2 Å². The third-order valence-electron chi connectivity index (χ3n) is 2.70. The number of nitrogens with one attached hydrogen (secondary N) is 1. The summed E-state index contributed by atoms with van der Waals surface area (Å²) < 4.78 is 6.25. The highest BCUT2D eigenvalue weighted by Gasteiger charge is 2.12. The van der Waals surface area contributed by atoms with Gasteiger partial charge in [-0.25, -0.2) is 9.36 Å². The fraction of sp³-hybridized carbons (Fsp3) is 0.417. The number of rotatable bonds is 4. The van der Waals surface area contributed by atoms with Crippen LogP contribution >= 0.6 is 11.3 Å². The van der Waals surface area contributed by atoms with Crippen molar-refractivity contribution in [2.24, 2.45) is 0 Å². The minimum atomic E-state index is -0.566. The standard InChI is InChI=1S/C12H14N2O4S/c1-3-4-8(15)18-6-14-11(16)10-9(13-12(14)17)7(2)5-19-10/h5H,3-4,6H2,1-2H3,(H,13,17). The number of carbonyl (C=O) groups excluding carboxylic acids is 1. The van der Waals surface area contributed by atoms with Crippen molar-refractivity contribution in [2.45, 2.75) is 33.4 Å². The maximum Gasteiger partial charge on any atom is 0.331 e. The first-order valence-corrected chi connectivity index (χ1v) is 6.79. The highest BCUT2D eigenvalue weighted by atomic mass is 32.1. The summed E-state index contributed by atoms with van der Waals surface area (Å²) in [6.45, 7) is 3.32. The number of aryl methyl sites for hydroxylation is 1. The Hall–Kier alpha value is -1.89. The van der Waals surface area contributed by atoms with Crippen LogP contribution in [0.4, 0.5) is 0 Å². The molecule has 0 aliphatic rings. The lowest BCUT2D eigenvalue weighted by molar-refractivity contribution is -0.147. The van der Waals surface area contributed by atoms with Crippen LogP contribution in [-0.2, 0) is 16.3 Å². The smallest absolute Gasteiger partial charge is 0.331 e. The van der Waals surface area contributed by atoms with E-state index in [0.717, 1.165) is 10.1 Å². The molecule has 0 unspecified atom stereocenters. The van der Waals surface area contributed by atoms with Crippen molar-refractivity contribution in [1.82, 2.24) is 9.55 Å². The lowest BCUT2D eigenvalue weighted by Crippen LogP contribution is -2.35. The monoisotopic (exact) mass is 282 g/mol. The molecule has 19 heavy (non-hydrogen) atoms. The van der Waals surface area contributed by atoms with Gasteiger partial charge in [0.15, 0.2) is 6.73 Å². The van der Waals surface area contributed by atoms with Crippen LogP contribution in [-0.4, -0.2) is 15.5 Å². The van der Waals surface area contributed by atoms with Gasteiger partial charge in [0, 0.05) is 6.42 Å². The first-order chi connectivity index (χ1) is 9.04. The van der Waals surface area contributed by atoms with Crippen LogP contribution in [0.3, 0.4) is 0 Å². The van der Waals surface area contributed by atoms with Gasteiger partial charge in [0.05, 0.1) is 5.52 Å². The third-order valence-corrected chi connectivity index (χ3v) is 3.79. The van der Waals surface area contributed by atoms with Gasteiger partial charge in [0.25, 0.3) is 5.56 Å². The summed E-state index contributed by atoms with van der Waals surface area (Å²) in [6, 6.07) is 0. The molecule has 0 spiro atoms. The number of esters is 1. The Morgan fingerprint density at radius 3 is 2.89 bits per heavy atom. The molecule has 0 bridgehead atoms. The van der Waals surface area contributed by atoms with Gasteiger partial charge >= 0.3 is 11.7 Å². The molecule has 2 aromatic heterocycles. The lowest BCUT2D eigenvalue weighted by atomic mass is 10.3. The molecule has 2 aromatic rings. The Labute approximate surface area is 112 Å². The number of nitrogens with zero attached hydrogens (tertiary/aromatic N) is 1. The zero-order chi connectivity index (χ0) is 14.0. The Morgan fingerprint density at radius 1 is 1.47 bits per heavy atom. The van der Waals surface area contributed by atoms with E-state index in [1.54, 1.807) is 5.38 Å². The average molecular weight is 282 g/mol. The maximum absolute atomic E-state index is 12.1. The minimum absolute atomic E-state index is 0.271. The number of hydrogen-bond acceptors (Lipinski definition) is 5. The summed E-state index contributed by atoms with van der Waals surface area (Å²) in [5, 5.41) is 1.80. The first kappa shape index (κ1) is 13.5. The van der Waals surface area contributed by atoms with E-state index < -0.39 is 17.2 Å². The van der Waals surface area contributed by atoms with Gasteiger partial charge in [0.2, 0.25) is 0 Å². The topological polar surface area (TPSA) is 81.2 Å². The number of aromatic amines is 1. The van der Waals surface area contributed by atoms with Crippen molar-refractivity contribution in [3.63, 3.8) is 0 Å². The summed E-state index contributed by atoms with van der Waals surface area (Å²) >= 11 is 1.26. The molecule has 0 amide bonds. The van der Waals surface area contributed by atoms with Crippen LogP contribution in [0.5, 0.6) is 0 Å². The minimum Gasteiger partial charge on any atom is -0.444 e. The second-order valence-corrected chi connectivity index (χ2v) is 5.06. The number of hydrogen-bond donors (Lipinski definition) is 1. The molecule has 2 heterocycles. The molecule has 6 nitrogen and oxygen atoms in total. The summed E-state index contributed by atoms with van der Waals surface area (Å²) in [5.74, 6) is -0.420. The van der Waals surface area contributed by atoms with E-state index in [4.69, 9.17) is 4.74 Å². The number of carbonyl (C=O) groups is 1. The van der Waals surface area contributed by atoms with Crippen molar-refractivity contribution in [1.29, 1.82) is 0 Å². The Balaban J connectivity index is 2.36. The summed E-state index contributed by atoms with van der Waals surface area (Å²) in [7, 11) is 0. The molecular weight excluding hydrogens is 268 g/mol. The summed E-state index contributed by atoms with van der Waals surface area (Å²) in [4.78, 5) is 37.8. The zero-order valence-corrected chi connectivity index (χ0v) is 11.5.